The fourth-order valence-electron chi connectivity index (χ4n) is 4.74. The molecule has 4 nitrogen and oxygen atoms in total. The van der Waals surface area contributed by atoms with Crippen molar-refractivity contribution < 1.29 is 4.79 Å². The van der Waals surface area contributed by atoms with Gasteiger partial charge in [0.25, 0.3) is 0 Å². The van der Waals surface area contributed by atoms with Gasteiger partial charge in [-0.05, 0) is 62.8 Å². The topological polar surface area (TPSA) is 54.0 Å². The zero-order valence-electron chi connectivity index (χ0n) is 17.1. The fraction of sp³-hybridized carbons (Fsp3) is 0.818. The van der Waals surface area contributed by atoms with Gasteiger partial charge >= 0.3 is 0 Å². The Balaban J connectivity index is 1.49. The van der Waals surface area contributed by atoms with Crippen molar-refractivity contribution in [2.45, 2.75) is 90.1 Å². The Bertz CT molecular complexity index is 546. The summed E-state index contributed by atoms with van der Waals surface area (Å²) in [6.45, 7) is 5.38. The van der Waals surface area contributed by atoms with Gasteiger partial charge in [0.1, 0.15) is 5.01 Å². The molecule has 2 fully saturated rings. The summed E-state index contributed by atoms with van der Waals surface area (Å²) in [5.41, 5.74) is 0. The maximum atomic E-state index is 12.4. The van der Waals surface area contributed by atoms with E-state index in [1.807, 2.05) is 11.6 Å². The first-order chi connectivity index (χ1) is 13.1. The molecule has 1 atom stereocenters. The molecule has 1 aromatic rings. The summed E-state index contributed by atoms with van der Waals surface area (Å²) in [7, 11) is 0. The van der Waals surface area contributed by atoms with Crippen LogP contribution in [-0.2, 0) is 4.79 Å². The summed E-state index contributed by atoms with van der Waals surface area (Å²) in [5.74, 6) is 1.89. The highest BCUT2D eigenvalue weighted by Gasteiger charge is 2.31. The molecule has 0 aromatic carbocycles. The van der Waals surface area contributed by atoms with E-state index in [-0.39, 0.29) is 11.9 Å². The van der Waals surface area contributed by atoms with Crippen LogP contribution in [0, 0.1) is 17.8 Å². The summed E-state index contributed by atoms with van der Waals surface area (Å²) in [5, 5.41) is 10.3. The molecule has 27 heavy (non-hydrogen) atoms. The monoisotopic (exact) mass is 391 g/mol. The maximum absolute atomic E-state index is 12.4. The van der Waals surface area contributed by atoms with E-state index in [2.05, 4.69) is 29.5 Å². The molecule has 3 rings (SSSR count). The van der Waals surface area contributed by atoms with Gasteiger partial charge in [-0.15, -0.1) is 11.3 Å². The molecule has 5 heteroatoms. The van der Waals surface area contributed by atoms with E-state index in [9.17, 15) is 4.79 Å². The lowest BCUT2D eigenvalue weighted by Crippen LogP contribution is -2.38. The fourth-order valence-corrected chi connectivity index (χ4v) is 5.52. The number of rotatable bonds is 8. The zero-order valence-corrected chi connectivity index (χ0v) is 17.9. The molecule has 2 aliphatic rings. The van der Waals surface area contributed by atoms with E-state index < -0.39 is 0 Å². The van der Waals surface area contributed by atoms with Gasteiger partial charge in [-0.3, -0.25) is 4.79 Å². The molecule has 0 saturated heterocycles. The summed E-state index contributed by atoms with van der Waals surface area (Å²) in [4.78, 5) is 16.9. The first-order valence-electron chi connectivity index (χ1n) is 11.0. The first kappa shape index (κ1) is 20.8. The van der Waals surface area contributed by atoms with E-state index in [0.717, 1.165) is 17.0 Å². The number of carbonyl (C=O) groups is 1. The van der Waals surface area contributed by atoms with Crippen LogP contribution in [0.5, 0.6) is 0 Å². The van der Waals surface area contributed by atoms with Crippen LogP contribution >= 0.6 is 11.3 Å². The molecule has 1 amide bonds. The number of hydrogen-bond acceptors (Lipinski definition) is 4. The smallest absolute Gasteiger partial charge is 0.220 e. The summed E-state index contributed by atoms with van der Waals surface area (Å²) < 4.78 is 0. The van der Waals surface area contributed by atoms with Crippen LogP contribution in [0.15, 0.2) is 11.6 Å². The Labute approximate surface area is 168 Å². The first-order valence-corrected chi connectivity index (χ1v) is 11.9. The Morgan fingerprint density at radius 3 is 2.52 bits per heavy atom. The highest BCUT2D eigenvalue weighted by molar-refractivity contribution is 7.09. The molecule has 2 aliphatic carbocycles. The molecular formula is C22H37N3OS. The van der Waals surface area contributed by atoms with Gasteiger partial charge in [-0.1, -0.05) is 33.1 Å². The Hall–Kier alpha value is -0.940. The molecule has 0 spiro atoms. The van der Waals surface area contributed by atoms with Crippen LogP contribution in [0.3, 0.4) is 0 Å². The van der Waals surface area contributed by atoms with Crippen molar-refractivity contribution in [3.63, 3.8) is 0 Å². The minimum Gasteiger partial charge on any atom is -0.347 e. The molecule has 2 saturated carbocycles. The van der Waals surface area contributed by atoms with E-state index in [1.54, 1.807) is 11.3 Å². The van der Waals surface area contributed by atoms with Crippen molar-refractivity contribution >= 4 is 17.2 Å². The maximum Gasteiger partial charge on any atom is 0.220 e. The number of nitrogens with one attached hydrogen (secondary N) is 2. The third-order valence-corrected chi connectivity index (χ3v) is 7.15. The van der Waals surface area contributed by atoms with Crippen LogP contribution in [0.4, 0.5) is 0 Å². The van der Waals surface area contributed by atoms with Gasteiger partial charge in [0.05, 0.1) is 6.04 Å². The number of carbonyl (C=O) groups excluding carboxylic acids is 1. The summed E-state index contributed by atoms with van der Waals surface area (Å²) in [6, 6.07) is 0.860. The normalized spacial score (nSPS) is 25.4. The lowest BCUT2D eigenvalue weighted by molar-refractivity contribution is -0.123. The van der Waals surface area contributed by atoms with E-state index in [4.69, 9.17) is 0 Å². The van der Waals surface area contributed by atoms with E-state index in [0.29, 0.717) is 18.3 Å². The van der Waals surface area contributed by atoms with Crippen LogP contribution in [0.25, 0.3) is 0 Å². The van der Waals surface area contributed by atoms with Gasteiger partial charge in [0.15, 0.2) is 0 Å². The highest BCUT2D eigenvalue weighted by Crippen LogP contribution is 2.37. The lowest BCUT2D eigenvalue weighted by atomic mass is 9.78. The third-order valence-electron chi connectivity index (χ3n) is 6.29. The Morgan fingerprint density at radius 1 is 1.15 bits per heavy atom. The van der Waals surface area contributed by atoms with Crippen molar-refractivity contribution in [2.75, 3.05) is 6.54 Å². The SMILES string of the molecule is CC(C)CC(=O)NC(c1nccs1)C1CCC(CNC2CCCCC2)CC1. The molecule has 2 N–H and O–H groups in total. The predicted molar refractivity (Wildman–Crippen MR) is 113 cm³/mol. The molecule has 0 bridgehead atoms. The molecule has 1 heterocycles. The minimum atomic E-state index is 0.100. The molecular weight excluding hydrogens is 354 g/mol. The van der Waals surface area contributed by atoms with Crippen molar-refractivity contribution in [2.24, 2.45) is 17.8 Å². The van der Waals surface area contributed by atoms with Crippen LogP contribution < -0.4 is 10.6 Å². The van der Waals surface area contributed by atoms with E-state index >= 15 is 0 Å². The standard InChI is InChI=1S/C22H37N3OS/c1-16(2)14-20(26)25-21(22-23-12-13-27-22)18-10-8-17(9-11-18)15-24-19-6-4-3-5-7-19/h12-13,16-19,21,24H,3-11,14-15H2,1-2H3,(H,25,26). The van der Waals surface area contributed by atoms with E-state index in [1.165, 1.54) is 64.3 Å². The van der Waals surface area contributed by atoms with Crippen molar-refractivity contribution in [3.05, 3.63) is 16.6 Å². The lowest BCUT2D eigenvalue weighted by Gasteiger charge is -2.34. The molecule has 152 valence electrons. The quantitative estimate of drug-likeness (QED) is 0.650. The highest BCUT2D eigenvalue weighted by atomic mass is 32.1. The number of nitrogens with zero attached hydrogens (tertiary/aromatic N) is 1. The average molecular weight is 392 g/mol. The van der Waals surface area contributed by atoms with Crippen LogP contribution in [0.2, 0.25) is 0 Å². The molecule has 0 radical (unpaired) electrons. The van der Waals surface area contributed by atoms with Gasteiger partial charge in [0.2, 0.25) is 5.91 Å². The number of hydrogen-bond donors (Lipinski definition) is 2. The predicted octanol–water partition coefficient (Wildman–Crippen LogP) is 5.08. The van der Waals surface area contributed by atoms with Gasteiger partial charge in [-0.25, -0.2) is 4.98 Å². The van der Waals surface area contributed by atoms with Crippen LogP contribution in [-0.4, -0.2) is 23.5 Å². The number of thiazole rings is 1. The Morgan fingerprint density at radius 2 is 1.89 bits per heavy atom. The largest absolute Gasteiger partial charge is 0.347 e. The summed E-state index contributed by atoms with van der Waals surface area (Å²) >= 11 is 1.68. The van der Waals surface area contributed by atoms with Crippen LogP contribution in [0.1, 0.15) is 89.1 Å². The molecule has 1 unspecified atom stereocenters. The minimum absolute atomic E-state index is 0.100. The van der Waals surface area contributed by atoms with Crippen molar-refractivity contribution in [1.29, 1.82) is 0 Å². The number of amides is 1. The van der Waals surface area contributed by atoms with Gasteiger partial charge in [-0.2, -0.15) is 0 Å². The number of aromatic nitrogens is 1. The molecule has 1 aromatic heterocycles. The zero-order chi connectivity index (χ0) is 19.1. The Kier molecular flexibility index (Phi) is 8.13. The summed E-state index contributed by atoms with van der Waals surface area (Å²) in [6.07, 6.45) is 14.3. The second-order valence-electron chi connectivity index (χ2n) is 9.04. The van der Waals surface area contributed by atoms with Crippen molar-refractivity contribution in [1.82, 2.24) is 15.6 Å². The van der Waals surface area contributed by atoms with Gasteiger partial charge < -0.3 is 10.6 Å². The third kappa shape index (κ3) is 6.56. The average Bonchev–Trinajstić information content (AvgIpc) is 3.20. The molecule has 0 aliphatic heterocycles. The van der Waals surface area contributed by atoms with Gasteiger partial charge in [0, 0.05) is 24.0 Å². The second kappa shape index (κ2) is 10.6. The second-order valence-corrected chi connectivity index (χ2v) is 9.96. The van der Waals surface area contributed by atoms with Crippen molar-refractivity contribution in [3.8, 4) is 0 Å².